The molecule has 1 nitrogen and oxygen atoms in total. The lowest BCUT2D eigenvalue weighted by atomic mass is 10.0. The van der Waals surface area contributed by atoms with Crippen LogP contribution in [-0.4, -0.2) is 11.6 Å². The van der Waals surface area contributed by atoms with Crippen molar-refractivity contribution in [3.05, 3.63) is 29.8 Å². The molecule has 0 saturated carbocycles. The number of halogens is 3. The van der Waals surface area contributed by atoms with Gasteiger partial charge in [0.2, 0.25) is 0 Å². The van der Waals surface area contributed by atoms with E-state index in [1.165, 1.54) is 12.1 Å². The fraction of sp³-hybridized carbons (Fsp3) is 0.571. The molecular weight excluding hydrogens is 239 g/mol. The monoisotopic (exact) mass is 259 g/mol. The van der Waals surface area contributed by atoms with E-state index in [1.807, 2.05) is 39.5 Å². The van der Waals surface area contributed by atoms with Gasteiger partial charge in [0, 0.05) is 17.3 Å². The molecule has 0 fully saturated rings. The zero-order chi connectivity index (χ0) is 14.1. The van der Waals surface area contributed by atoms with E-state index < -0.39 is 11.7 Å². The van der Waals surface area contributed by atoms with Gasteiger partial charge in [-0.25, -0.2) is 0 Å². The van der Waals surface area contributed by atoms with Crippen molar-refractivity contribution in [2.24, 2.45) is 0 Å². The van der Waals surface area contributed by atoms with Gasteiger partial charge in [-0.1, -0.05) is 6.07 Å². The first-order valence-electron chi connectivity index (χ1n) is 6.00. The predicted octanol–water partition coefficient (Wildman–Crippen LogP) is 4.72. The molecule has 0 N–H and O–H groups in total. The highest BCUT2D eigenvalue weighted by Gasteiger charge is 2.32. The van der Waals surface area contributed by atoms with Gasteiger partial charge in [-0.2, -0.15) is 13.2 Å². The molecule has 0 unspecified atom stereocenters. The van der Waals surface area contributed by atoms with E-state index in [2.05, 4.69) is 0 Å². The number of hydrogen-bond acceptors (Lipinski definition) is 1. The van der Waals surface area contributed by atoms with Crippen LogP contribution < -0.4 is 4.90 Å². The van der Waals surface area contributed by atoms with E-state index in [-0.39, 0.29) is 11.6 Å². The molecule has 0 aromatic heterocycles. The zero-order valence-corrected chi connectivity index (χ0v) is 11.5. The van der Waals surface area contributed by atoms with E-state index in [0.717, 1.165) is 6.07 Å². The quantitative estimate of drug-likeness (QED) is 0.743. The fourth-order valence-electron chi connectivity index (χ4n) is 2.29. The number of rotatable bonds is 2. The number of nitrogens with zero attached hydrogens (tertiary/aromatic N) is 1. The molecule has 1 aromatic rings. The normalized spacial score (nSPS) is 12.9. The Morgan fingerprint density at radius 3 is 2.00 bits per heavy atom. The lowest BCUT2D eigenvalue weighted by molar-refractivity contribution is -0.137. The summed E-state index contributed by atoms with van der Waals surface area (Å²) in [6.45, 7) is 9.94. The van der Waals surface area contributed by atoms with Gasteiger partial charge >= 0.3 is 6.18 Å². The Hall–Kier alpha value is -1.19. The maximum atomic E-state index is 12.7. The summed E-state index contributed by atoms with van der Waals surface area (Å²) in [4.78, 5) is 1.99. The van der Waals surface area contributed by atoms with Gasteiger partial charge in [-0.3, -0.25) is 0 Å². The van der Waals surface area contributed by atoms with Crippen molar-refractivity contribution < 1.29 is 13.2 Å². The SMILES string of the molecule is CC(C)N(c1cccc(C(F)(F)F)c1)C(C)(C)C. The van der Waals surface area contributed by atoms with Gasteiger partial charge in [0.1, 0.15) is 0 Å². The average Bonchev–Trinajstić information content (AvgIpc) is 2.13. The summed E-state index contributed by atoms with van der Waals surface area (Å²) in [5.41, 5.74) is -0.222. The van der Waals surface area contributed by atoms with Crippen molar-refractivity contribution in [2.45, 2.75) is 52.4 Å². The third-order valence-electron chi connectivity index (χ3n) is 2.69. The Balaban J connectivity index is 3.23. The lowest BCUT2D eigenvalue weighted by Crippen LogP contribution is -2.46. The summed E-state index contributed by atoms with van der Waals surface area (Å²) in [6, 6.07) is 5.63. The largest absolute Gasteiger partial charge is 0.416 e. The van der Waals surface area contributed by atoms with Crippen molar-refractivity contribution in [1.82, 2.24) is 0 Å². The Labute approximate surface area is 107 Å². The molecule has 0 saturated heterocycles. The van der Waals surface area contributed by atoms with Gasteiger partial charge < -0.3 is 4.90 Å². The third-order valence-corrected chi connectivity index (χ3v) is 2.69. The molecule has 0 spiro atoms. The highest BCUT2D eigenvalue weighted by molar-refractivity contribution is 5.52. The molecule has 0 aliphatic rings. The summed E-state index contributed by atoms with van der Waals surface area (Å²) in [6.07, 6.45) is -4.30. The van der Waals surface area contributed by atoms with E-state index in [0.29, 0.717) is 5.69 Å². The van der Waals surface area contributed by atoms with Crippen LogP contribution in [0.2, 0.25) is 0 Å². The Bertz CT molecular complexity index is 402. The summed E-state index contributed by atoms with van der Waals surface area (Å²) in [5.74, 6) is 0. The van der Waals surface area contributed by atoms with E-state index in [1.54, 1.807) is 6.07 Å². The Morgan fingerprint density at radius 1 is 1.06 bits per heavy atom. The lowest BCUT2D eigenvalue weighted by Gasteiger charge is -2.41. The van der Waals surface area contributed by atoms with Crippen LogP contribution in [0.15, 0.2) is 24.3 Å². The molecule has 18 heavy (non-hydrogen) atoms. The smallest absolute Gasteiger partial charge is 0.364 e. The maximum Gasteiger partial charge on any atom is 0.416 e. The van der Waals surface area contributed by atoms with Gasteiger partial charge in [0.25, 0.3) is 0 Å². The second-order valence-corrected chi connectivity index (χ2v) is 5.68. The van der Waals surface area contributed by atoms with Crippen LogP contribution in [0.4, 0.5) is 18.9 Å². The minimum absolute atomic E-state index is 0.133. The van der Waals surface area contributed by atoms with E-state index in [9.17, 15) is 13.2 Å². The molecule has 0 radical (unpaired) electrons. The molecule has 0 aliphatic carbocycles. The van der Waals surface area contributed by atoms with Crippen LogP contribution in [0, 0.1) is 0 Å². The average molecular weight is 259 g/mol. The first-order valence-corrected chi connectivity index (χ1v) is 6.00. The van der Waals surface area contributed by atoms with Crippen molar-refractivity contribution >= 4 is 5.69 Å². The van der Waals surface area contributed by atoms with E-state index >= 15 is 0 Å². The summed E-state index contributed by atoms with van der Waals surface area (Å²) < 4.78 is 38.1. The van der Waals surface area contributed by atoms with Crippen molar-refractivity contribution in [1.29, 1.82) is 0 Å². The second kappa shape index (κ2) is 4.82. The molecular formula is C14H20F3N. The first-order chi connectivity index (χ1) is 8.03. The number of hydrogen-bond donors (Lipinski definition) is 0. The highest BCUT2D eigenvalue weighted by Crippen LogP contribution is 2.34. The molecule has 4 heteroatoms. The number of alkyl halides is 3. The standard InChI is InChI=1S/C14H20F3N/c1-10(2)18(13(3,4)5)12-8-6-7-11(9-12)14(15,16)17/h6-10H,1-5H3. The Morgan fingerprint density at radius 2 is 1.61 bits per heavy atom. The van der Waals surface area contributed by atoms with Crippen molar-refractivity contribution in [2.75, 3.05) is 4.90 Å². The minimum Gasteiger partial charge on any atom is -0.364 e. The molecule has 0 bridgehead atoms. The number of anilines is 1. The molecule has 102 valence electrons. The zero-order valence-electron chi connectivity index (χ0n) is 11.5. The summed E-state index contributed by atoms with van der Waals surface area (Å²) in [7, 11) is 0. The van der Waals surface area contributed by atoms with E-state index in [4.69, 9.17) is 0 Å². The van der Waals surface area contributed by atoms with Gasteiger partial charge in [-0.15, -0.1) is 0 Å². The maximum absolute atomic E-state index is 12.7. The Kier molecular flexibility index (Phi) is 3.99. The fourth-order valence-corrected chi connectivity index (χ4v) is 2.29. The highest BCUT2D eigenvalue weighted by atomic mass is 19.4. The van der Waals surface area contributed by atoms with Crippen LogP contribution in [0.25, 0.3) is 0 Å². The van der Waals surface area contributed by atoms with Crippen LogP contribution in [0.3, 0.4) is 0 Å². The second-order valence-electron chi connectivity index (χ2n) is 5.68. The van der Waals surface area contributed by atoms with Gasteiger partial charge in [-0.05, 0) is 52.8 Å². The van der Waals surface area contributed by atoms with Gasteiger partial charge in [0.15, 0.2) is 0 Å². The summed E-state index contributed by atoms with van der Waals surface area (Å²) >= 11 is 0. The molecule has 0 amide bonds. The molecule has 0 aliphatic heterocycles. The van der Waals surface area contributed by atoms with Gasteiger partial charge in [0.05, 0.1) is 5.56 Å². The minimum atomic E-state index is -4.30. The number of benzene rings is 1. The molecule has 0 heterocycles. The van der Waals surface area contributed by atoms with Crippen LogP contribution in [0.1, 0.15) is 40.2 Å². The van der Waals surface area contributed by atoms with Crippen molar-refractivity contribution in [3.8, 4) is 0 Å². The van der Waals surface area contributed by atoms with Crippen molar-refractivity contribution in [3.63, 3.8) is 0 Å². The topological polar surface area (TPSA) is 3.24 Å². The molecule has 0 atom stereocenters. The van der Waals surface area contributed by atoms with Crippen LogP contribution in [0.5, 0.6) is 0 Å². The van der Waals surface area contributed by atoms with Crippen LogP contribution >= 0.6 is 0 Å². The molecule has 1 aromatic carbocycles. The first kappa shape index (κ1) is 14.9. The third kappa shape index (κ3) is 3.40. The molecule has 1 rings (SSSR count). The predicted molar refractivity (Wildman–Crippen MR) is 68.8 cm³/mol. The van der Waals surface area contributed by atoms with Crippen LogP contribution in [-0.2, 0) is 6.18 Å². The summed E-state index contributed by atoms with van der Waals surface area (Å²) in [5, 5.41) is 0.